The van der Waals surface area contributed by atoms with Gasteiger partial charge in [-0.3, -0.25) is 28.8 Å². The van der Waals surface area contributed by atoms with E-state index >= 15 is 0 Å². The Morgan fingerprint density at radius 3 is 1.50 bits per heavy atom. The van der Waals surface area contributed by atoms with Crippen LogP contribution in [0.2, 0.25) is 0 Å². The van der Waals surface area contributed by atoms with Crippen LogP contribution in [0.5, 0.6) is 0 Å². The van der Waals surface area contributed by atoms with Crippen LogP contribution in [0.1, 0.15) is 298 Å². The van der Waals surface area contributed by atoms with Gasteiger partial charge in [-0.15, -0.1) is 0 Å². The lowest BCUT2D eigenvalue weighted by molar-refractivity contribution is -0.225. The number of carbonyl (C=O) groups is 6. The van der Waals surface area contributed by atoms with Crippen LogP contribution < -0.4 is 0 Å². The fourth-order valence-corrected chi connectivity index (χ4v) is 17.5. The van der Waals surface area contributed by atoms with Crippen molar-refractivity contribution in [3.63, 3.8) is 0 Å². The maximum atomic E-state index is 12.7. The Morgan fingerprint density at radius 2 is 1.03 bits per heavy atom. The van der Waals surface area contributed by atoms with Crippen molar-refractivity contribution >= 4 is 35.8 Å². The fourth-order valence-electron chi connectivity index (χ4n) is 17.5. The van der Waals surface area contributed by atoms with Crippen molar-refractivity contribution in [1.29, 1.82) is 0 Å². The quantitative estimate of drug-likeness (QED) is 0.0931. The lowest BCUT2D eigenvalue weighted by Gasteiger charge is -2.59. The molecule has 13 heteroatoms. The Balaban J connectivity index is 0.00000110. The zero-order chi connectivity index (χ0) is 57.3. The van der Waals surface area contributed by atoms with Crippen molar-refractivity contribution in [2.75, 3.05) is 7.11 Å². The van der Waals surface area contributed by atoms with Crippen LogP contribution in [0.4, 0.5) is 0 Å². The molecule has 0 aromatic rings. The van der Waals surface area contributed by atoms with E-state index in [-0.39, 0.29) is 129 Å². The first-order valence-electron chi connectivity index (χ1n) is 31.4. The Bertz CT molecular complexity index is 2220. The van der Waals surface area contributed by atoms with Gasteiger partial charge >= 0.3 is 35.8 Å². The molecule has 1 N–H and O–H groups in total. The van der Waals surface area contributed by atoms with E-state index in [9.17, 15) is 33.9 Å². The highest BCUT2D eigenvalue weighted by molar-refractivity contribution is 5.86. The molecule has 11 saturated carbocycles. The summed E-state index contributed by atoms with van der Waals surface area (Å²) in [5.74, 6) is 4.13. The highest BCUT2D eigenvalue weighted by Crippen LogP contribution is 2.71. The summed E-state index contributed by atoms with van der Waals surface area (Å²) in [6.45, 7) is 28.0. The molecule has 0 spiro atoms. The van der Waals surface area contributed by atoms with Gasteiger partial charge < -0.3 is 33.5 Å². The molecule has 1 aliphatic heterocycles. The van der Waals surface area contributed by atoms with E-state index in [0.29, 0.717) is 37.0 Å². The molecular formula is C73H136O13. The van der Waals surface area contributed by atoms with Gasteiger partial charge in [0.15, 0.2) is 0 Å². The van der Waals surface area contributed by atoms with Crippen molar-refractivity contribution < 1.29 is 62.3 Å². The minimum Gasteiger partial charge on any atom is -0.469 e. The summed E-state index contributed by atoms with van der Waals surface area (Å²) in [4.78, 5) is 73.5. The molecule has 12 fully saturated rings. The number of aliphatic hydroxyl groups is 1. The Kier molecular flexibility index (Phi) is 29.1. The molecule has 13 nitrogen and oxygen atoms in total. The van der Waals surface area contributed by atoms with Crippen LogP contribution in [-0.4, -0.2) is 82.6 Å². The summed E-state index contributed by atoms with van der Waals surface area (Å²) >= 11 is 0. The molecule has 1 heterocycles. The van der Waals surface area contributed by atoms with Gasteiger partial charge in [-0.25, -0.2) is 0 Å². The van der Waals surface area contributed by atoms with Gasteiger partial charge in [0.2, 0.25) is 0 Å². The number of rotatable bonds is 15. The monoisotopic (exact) mass is 1220 g/mol. The molecule has 0 radical (unpaired) electrons. The van der Waals surface area contributed by atoms with Crippen molar-refractivity contribution in [3.8, 4) is 0 Å². The fraction of sp³-hybridized carbons (Fsp3) is 0.918. The molecular weight excluding hydrogens is 1080 g/mol. The molecule has 15 atom stereocenters. The molecule has 506 valence electrons. The van der Waals surface area contributed by atoms with Crippen LogP contribution in [0.25, 0.3) is 0 Å². The van der Waals surface area contributed by atoms with Gasteiger partial charge in [0, 0.05) is 24.2 Å². The molecule has 1 saturated heterocycles. The standard InChI is InChI=1S/C20H32O2.C16H22O6.C16H26O3.C13H24O2.8CH4/c1-5-19(3,4)18(21)22-20(6-2)11-14-10-15(20)17-13-8-7-12(9-13)16(14)17;1-5-16(2,3)15(19)22-12-7-6-8-10(9(7)13(17)20-4)14(18)21-11(8)12;1-4-14(2,3)13(17)19-16-8-11-5-12(9-16)7-15(18,6-11)10-16;1-5-12(3,4)11(14)15-13(6-2)9-7-8-10-13;;;;;;;;/h12-17H,5-11H2,1-4H3;7-12H,5-6H2,1-4H3;11-12,18H,4-10H2,1-3H3;5-10H2,1-4H3;8*1H4. The Morgan fingerprint density at radius 1 is 0.558 bits per heavy atom. The van der Waals surface area contributed by atoms with Crippen molar-refractivity contribution in [3.05, 3.63) is 0 Å². The molecule has 10 bridgehead atoms. The SMILES string of the molecule is C.C.C.C.C.C.C.C.CCC(C)(C)C(=O)OC1(CC)CC2CC1C1C3CCC(C3)C21.CCC(C)(C)C(=O)OC12CC3CC(CC(O)(C3)C1)C2.CCC(C)(C)C(=O)OC1C2CC3C1OC(=O)C3C2C(=O)OC.CCC1(OC(=O)C(C)(C)CC)CCCC1. The van der Waals surface area contributed by atoms with E-state index in [1.807, 2.05) is 76.2 Å². The summed E-state index contributed by atoms with van der Waals surface area (Å²) in [5, 5.41) is 10.6. The van der Waals surface area contributed by atoms with Crippen molar-refractivity contribution in [2.24, 2.45) is 92.7 Å². The summed E-state index contributed by atoms with van der Waals surface area (Å²) in [6, 6.07) is 0. The molecule has 12 aliphatic rings. The predicted octanol–water partition coefficient (Wildman–Crippen LogP) is 18.0. The van der Waals surface area contributed by atoms with Gasteiger partial charge in [0.25, 0.3) is 0 Å². The van der Waals surface area contributed by atoms with E-state index in [0.717, 1.165) is 107 Å². The van der Waals surface area contributed by atoms with E-state index in [1.54, 1.807) is 0 Å². The third-order valence-corrected chi connectivity index (χ3v) is 23.6. The average molecular weight is 1220 g/mol. The molecule has 86 heavy (non-hydrogen) atoms. The smallest absolute Gasteiger partial charge is 0.312 e. The van der Waals surface area contributed by atoms with Gasteiger partial charge in [0.1, 0.15) is 29.0 Å². The highest BCUT2D eigenvalue weighted by atomic mass is 16.6. The number of hydrogen-bond donors (Lipinski definition) is 1. The van der Waals surface area contributed by atoms with Crippen LogP contribution in [0.15, 0.2) is 0 Å². The Labute approximate surface area is 527 Å². The number of carbonyl (C=O) groups excluding carboxylic acids is 6. The predicted molar refractivity (Wildman–Crippen MR) is 350 cm³/mol. The summed E-state index contributed by atoms with van der Waals surface area (Å²) < 4.78 is 34.0. The molecule has 12 rings (SSSR count). The number of hydrogen-bond acceptors (Lipinski definition) is 13. The second kappa shape index (κ2) is 30.3. The zero-order valence-electron chi connectivity index (χ0n) is 51.0. The second-order valence-corrected chi connectivity index (χ2v) is 29.9. The van der Waals surface area contributed by atoms with E-state index in [4.69, 9.17) is 28.4 Å². The highest BCUT2D eigenvalue weighted by Gasteiger charge is 2.71. The van der Waals surface area contributed by atoms with Crippen molar-refractivity contribution in [2.45, 2.75) is 332 Å². The maximum absolute atomic E-state index is 12.7. The first-order chi connectivity index (χ1) is 36.4. The van der Waals surface area contributed by atoms with Gasteiger partial charge in [-0.1, -0.05) is 101 Å². The summed E-state index contributed by atoms with van der Waals surface area (Å²) in [5.41, 5.74) is -2.84. The van der Waals surface area contributed by atoms with E-state index < -0.39 is 46.4 Å². The third kappa shape index (κ3) is 15.4. The van der Waals surface area contributed by atoms with Gasteiger partial charge in [-0.2, -0.15) is 0 Å². The Hall–Kier alpha value is -3.22. The third-order valence-electron chi connectivity index (χ3n) is 23.6. The minimum absolute atomic E-state index is 0. The first kappa shape index (κ1) is 82.8. The lowest BCUT2D eigenvalue weighted by atomic mass is 9.52. The lowest BCUT2D eigenvalue weighted by Crippen LogP contribution is -2.61. The molecule has 0 amide bonds. The second-order valence-electron chi connectivity index (χ2n) is 29.9. The zero-order valence-corrected chi connectivity index (χ0v) is 51.0. The van der Waals surface area contributed by atoms with Gasteiger partial charge in [-0.05, 0) is 232 Å². The summed E-state index contributed by atoms with van der Waals surface area (Å²) in [7, 11) is 1.31. The van der Waals surface area contributed by atoms with Crippen LogP contribution >= 0.6 is 0 Å². The largest absolute Gasteiger partial charge is 0.469 e. The van der Waals surface area contributed by atoms with Crippen LogP contribution in [0, 0.1) is 92.7 Å². The number of esters is 6. The molecule has 0 aromatic heterocycles. The van der Waals surface area contributed by atoms with E-state index in [1.165, 1.54) is 52.1 Å². The molecule has 15 unspecified atom stereocenters. The number of ether oxygens (including phenoxy) is 6. The minimum atomic E-state index is -0.593. The molecule has 11 aliphatic carbocycles. The average Bonchev–Trinajstić information content (AvgIpc) is 1.51. The number of methoxy groups -OCH3 is 1. The normalized spacial score (nSPS) is 35.7. The maximum Gasteiger partial charge on any atom is 0.312 e. The van der Waals surface area contributed by atoms with Crippen molar-refractivity contribution in [1.82, 2.24) is 0 Å². The van der Waals surface area contributed by atoms with Gasteiger partial charge in [0.05, 0.1) is 46.2 Å². The van der Waals surface area contributed by atoms with E-state index in [2.05, 4.69) is 20.8 Å². The van der Waals surface area contributed by atoms with Crippen LogP contribution in [0.3, 0.4) is 0 Å². The first-order valence-corrected chi connectivity index (χ1v) is 31.4. The molecule has 0 aromatic carbocycles. The summed E-state index contributed by atoms with van der Waals surface area (Å²) in [6.07, 6.45) is 21.9. The number of fused-ring (bicyclic) bond motifs is 10. The van der Waals surface area contributed by atoms with Crippen LogP contribution in [-0.2, 0) is 57.2 Å². The topological polar surface area (TPSA) is 178 Å².